The van der Waals surface area contributed by atoms with Gasteiger partial charge in [-0.1, -0.05) is 35.9 Å². The molecule has 0 aliphatic carbocycles. The first-order valence-corrected chi connectivity index (χ1v) is 9.35. The number of anilines is 2. The number of hydrogen-bond donors (Lipinski definition) is 2. The van der Waals surface area contributed by atoms with Crippen molar-refractivity contribution >= 4 is 40.9 Å². The second kappa shape index (κ2) is 7.81. The highest BCUT2D eigenvalue weighted by atomic mass is 35.5. The van der Waals surface area contributed by atoms with Crippen LogP contribution in [0.3, 0.4) is 0 Å². The summed E-state index contributed by atoms with van der Waals surface area (Å²) in [5.74, 6) is 0.364. The minimum absolute atomic E-state index is 0.299. The van der Waals surface area contributed by atoms with Crippen molar-refractivity contribution in [1.29, 1.82) is 0 Å². The highest BCUT2D eigenvalue weighted by Gasteiger charge is 2.21. The second-order valence-electron chi connectivity index (χ2n) is 6.61. The number of rotatable bonds is 3. The highest BCUT2D eigenvalue weighted by Crippen LogP contribution is 2.37. The van der Waals surface area contributed by atoms with Crippen LogP contribution in [-0.4, -0.2) is 11.8 Å². The molecule has 1 aliphatic heterocycles. The maximum Gasteiger partial charge on any atom is 0.259 e. The third kappa shape index (κ3) is 4.15. The van der Waals surface area contributed by atoms with Gasteiger partial charge in [-0.15, -0.1) is 0 Å². The van der Waals surface area contributed by atoms with Crippen molar-refractivity contribution < 1.29 is 14.3 Å². The molecule has 3 aromatic rings. The predicted octanol–water partition coefficient (Wildman–Crippen LogP) is 5.66. The minimum Gasteiger partial charge on any atom is -0.454 e. The number of nitrogens with one attached hydrogen (secondary N) is 2. The Morgan fingerprint density at radius 1 is 1.07 bits per heavy atom. The summed E-state index contributed by atoms with van der Waals surface area (Å²) < 4.78 is 5.88. The number of amides is 2. The van der Waals surface area contributed by atoms with Gasteiger partial charge in [-0.25, -0.2) is 0 Å². The Bertz CT molecular complexity index is 1150. The molecule has 6 heteroatoms. The molecule has 4 rings (SSSR count). The van der Waals surface area contributed by atoms with Crippen LogP contribution in [-0.2, 0) is 4.79 Å². The second-order valence-corrected chi connectivity index (χ2v) is 7.02. The molecule has 29 heavy (non-hydrogen) atoms. The lowest BCUT2D eigenvalue weighted by Crippen LogP contribution is -2.12. The Balaban J connectivity index is 1.54. The molecule has 1 heterocycles. The molecule has 0 spiro atoms. The maximum atomic E-state index is 12.6. The number of benzene rings is 3. The van der Waals surface area contributed by atoms with Crippen LogP contribution in [0.25, 0.3) is 6.08 Å². The third-order valence-corrected chi connectivity index (χ3v) is 4.76. The van der Waals surface area contributed by atoms with E-state index < -0.39 is 0 Å². The van der Waals surface area contributed by atoms with E-state index >= 15 is 0 Å². The van der Waals surface area contributed by atoms with Crippen LogP contribution in [0.5, 0.6) is 11.5 Å². The number of fused-ring (bicyclic) bond motifs is 2. The third-order valence-electron chi connectivity index (χ3n) is 4.41. The van der Waals surface area contributed by atoms with Gasteiger partial charge in [0.25, 0.3) is 5.91 Å². The van der Waals surface area contributed by atoms with Gasteiger partial charge >= 0.3 is 0 Å². The van der Waals surface area contributed by atoms with Gasteiger partial charge < -0.3 is 15.4 Å². The summed E-state index contributed by atoms with van der Waals surface area (Å²) in [5, 5.41) is 6.16. The Morgan fingerprint density at radius 2 is 1.86 bits per heavy atom. The molecule has 0 aromatic heterocycles. The van der Waals surface area contributed by atoms with Crippen LogP contribution in [0.15, 0.2) is 66.7 Å². The van der Waals surface area contributed by atoms with Crippen LogP contribution in [0.4, 0.5) is 11.4 Å². The predicted molar refractivity (Wildman–Crippen MR) is 115 cm³/mol. The number of carbonyl (C=O) groups excluding carboxylic acids is 2. The van der Waals surface area contributed by atoms with Crippen molar-refractivity contribution in [3.05, 3.63) is 88.5 Å². The van der Waals surface area contributed by atoms with Gasteiger partial charge in [0, 0.05) is 16.8 Å². The fourth-order valence-corrected chi connectivity index (χ4v) is 3.17. The van der Waals surface area contributed by atoms with Gasteiger partial charge in [0.15, 0.2) is 5.75 Å². The monoisotopic (exact) mass is 404 g/mol. The molecule has 0 fully saturated rings. The molecule has 0 bridgehead atoms. The molecule has 0 saturated carbocycles. The lowest BCUT2D eigenvalue weighted by atomic mass is 10.1. The zero-order chi connectivity index (χ0) is 20.4. The molecule has 3 aromatic carbocycles. The van der Waals surface area contributed by atoms with Crippen molar-refractivity contribution in [2.24, 2.45) is 0 Å². The molecular weight excluding hydrogens is 388 g/mol. The Hall–Kier alpha value is -3.57. The number of ether oxygens (including phenoxy) is 1. The summed E-state index contributed by atoms with van der Waals surface area (Å²) in [7, 11) is 0. The Kier molecular flexibility index (Phi) is 5.06. The van der Waals surface area contributed by atoms with Crippen LogP contribution in [0, 0.1) is 6.92 Å². The van der Waals surface area contributed by atoms with Crippen molar-refractivity contribution in [1.82, 2.24) is 0 Å². The molecule has 5 nitrogen and oxygen atoms in total. The quantitative estimate of drug-likeness (QED) is 0.553. The van der Waals surface area contributed by atoms with E-state index in [-0.39, 0.29) is 11.8 Å². The lowest BCUT2D eigenvalue weighted by molar-refractivity contribution is -0.111. The summed E-state index contributed by atoms with van der Waals surface area (Å²) in [4.78, 5) is 24.9. The van der Waals surface area contributed by atoms with Gasteiger partial charge in [0.1, 0.15) is 5.75 Å². The molecule has 0 radical (unpaired) electrons. The lowest BCUT2D eigenvalue weighted by Gasteiger charge is -2.09. The molecule has 0 atom stereocenters. The number of hydrogen-bond acceptors (Lipinski definition) is 3. The van der Waals surface area contributed by atoms with Gasteiger partial charge in [0.2, 0.25) is 5.91 Å². The van der Waals surface area contributed by atoms with E-state index in [0.29, 0.717) is 33.5 Å². The normalized spacial score (nSPS) is 12.4. The van der Waals surface area contributed by atoms with Crippen molar-refractivity contribution in [2.45, 2.75) is 6.92 Å². The fraction of sp³-hybridized carbons (Fsp3) is 0.0435. The molecule has 144 valence electrons. The van der Waals surface area contributed by atoms with Gasteiger partial charge in [-0.2, -0.15) is 0 Å². The number of carbonyl (C=O) groups is 2. The van der Waals surface area contributed by atoms with Crippen molar-refractivity contribution in [3.63, 3.8) is 0 Å². The smallest absolute Gasteiger partial charge is 0.259 e. The van der Waals surface area contributed by atoms with Gasteiger partial charge in [-0.05, 0) is 60.5 Å². The van der Waals surface area contributed by atoms with Crippen LogP contribution in [0.1, 0.15) is 21.5 Å². The summed E-state index contributed by atoms with van der Waals surface area (Å²) >= 11 is 6.09. The first-order valence-electron chi connectivity index (χ1n) is 8.97. The topological polar surface area (TPSA) is 67.4 Å². The first-order chi connectivity index (χ1) is 14.0. The SMILES string of the molecule is Cc1ccc2c(c1)NC(=O)c1cc(NC(=O)/C=C/c3ccccc3Cl)ccc1O2. The van der Waals surface area contributed by atoms with Crippen molar-refractivity contribution in [2.75, 3.05) is 10.6 Å². The van der Waals surface area contributed by atoms with E-state index in [4.69, 9.17) is 16.3 Å². The standard InChI is InChI=1S/C23H17ClN2O3/c1-14-6-9-21-19(12-14)26-23(28)17-13-16(8-10-20(17)29-21)25-22(27)11-7-15-4-2-3-5-18(15)24/h2-13H,1H3,(H,25,27)(H,26,28)/b11-7+. The summed E-state index contributed by atoms with van der Waals surface area (Å²) in [6.45, 7) is 1.94. The molecule has 2 amide bonds. The van der Waals surface area contributed by atoms with E-state index in [0.717, 1.165) is 11.1 Å². The maximum absolute atomic E-state index is 12.6. The molecule has 0 unspecified atom stereocenters. The zero-order valence-corrected chi connectivity index (χ0v) is 16.3. The Morgan fingerprint density at radius 3 is 2.69 bits per heavy atom. The van der Waals surface area contributed by atoms with Gasteiger partial charge in [0.05, 0.1) is 11.3 Å². The van der Waals surface area contributed by atoms with Gasteiger partial charge in [-0.3, -0.25) is 9.59 Å². The van der Waals surface area contributed by atoms with E-state index in [1.54, 1.807) is 30.3 Å². The average molecular weight is 405 g/mol. The van der Waals surface area contributed by atoms with Crippen molar-refractivity contribution in [3.8, 4) is 11.5 Å². The average Bonchev–Trinajstić information content (AvgIpc) is 2.83. The van der Waals surface area contributed by atoms with Crippen LogP contribution >= 0.6 is 11.6 Å². The highest BCUT2D eigenvalue weighted by molar-refractivity contribution is 6.32. The van der Waals surface area contributed by atoms with E-state index in [9.17, 15) is 9.59 Å². The summed E-state index contributed by atoms with van der Waals surface area (Å²) in [6, 6.07) is 17.7. The largest absolute Gasteiger partial charge is 0.454 e. The molecule has 0 saturated heterocycles. The number of halogens is 1. The molecular formula is C23H17ClN2O3. The molecule has 2 N–H and O–H groups in total. The summed E-state index contributed by atoms with van der Waals surface area (Å²) in [6.07, 6.45) is 3.03. The van der Waals surface area contributed by atoms with E-state index in [1.165, 1.54) is 6.08 Å². The minimum atomic E-state index is -0.335. The summed E-state index contributed by atoms with van der Waals surface area (Å²) in [5.41, 5.74) is 3.19. The fourth-order valence-electron chi connectivity index (χ4n) is 2.97. The molecule has 1 aliphatic rings. The first kappa shape index (κ1) is 18.8. The Labute approximate surface area is 173 Å². The van der Waals surface area contributed by atoms with E-state index in [2.05, 4.69) is 10.6 Å². The number of aryl methyl sites for hydroxylation is 1. The van der Waals surface area contributed by atoms with Crippen LogP contribution < -0.4 is 15.4 Å². The van der Waals surface area contributed by atoms with Crippen LogP contribution in [0.2, 0.25) is 5.02 Å². The van der Waals surface area contributed by atoms with E-state index in [1.807, 2.05) is 43.3 Å². The zero-order valence-electron chi connectivity index (χ0n) is 15.5.